The average Bonchev–Trinajstić information content (AvgIpc) is 3.43. The molecule has 1 fully saturated rings. The standard InChI is InChI=1S/C27H25F2N5O4/c1-16-5-3-4-6-23(16)34-24(35)10-9-22(32-34)19-14-30-15-20(25-31-11-12-38-25)27(19,33(2)26(36)37)18-8-7-17(28)13-21(18)29/h3-13,19-20,30H,14-15H2,1-2H3,(H,36,37). The number of likely N-dealkylation sites (N-methyl/N-ethyl adjacent to an activating group) is 1. The number of aromatic nitrogens is 3. The number of piperidine rings is 1. The molecule has 1 amide bonds. The van der Waals surface area contributed by atoms with Crippen LogP contribution in [0.5, 0.6) is 0 Å². The molecule has 2 aromatic carbocycles. The van der Waals surface area contributed by atoms with E-state index in [1.54, 1.807) is 12.1 Å². The maximum atomic E-state index is 15.7. The minimum absolute atomic E-state index is 0.0612. The summed E-state index contributed by atoms with van der Waals surface area (Å²) in [6.45, 7) is 2.20. The van der Waals surface area contributed by atoms with Crippen LogP contribution in [0.3, 0.4) is 0 Å². The normalized spacial score (nSPS) is 21.3. The Morgan fingerprint density at radius 3 is 2.61 bits per heavy atom. The first-order valence-electron chi connectivity index (χ1n) is 11.9. The molecular weight excluding hydrogens is 496 g/mol. The van der Waals surface area contributed by atoms with Crippen molar-refractivity contribution in [2.75, 3.05) is 20.1 Å². The van der Waals surface area contributed by atoms with Gasteiger partial charge in [-0.3, -0.25) is 9.69 Å². The van der Waals surface area contributed by atoms with Crippen LogP contribution in [0.15, 0.2) is 76.3 Å². The zero-order valence-electron chi connectivity index (χ0n) is 20.6. The van der Waals surface area contributed by atoms with Gasteiger partial charge in [0.25, 0.3) is 5.56 Å². The van der Waals surface area contributed by atoms with Crippen molar-refractivity contribution < 1.29 is 23.1 Å². The molecule has 1 aliphatic rings. The summed E-state index contributed by atoms with van der Waals surface area (Å²) in [5.74, 6) is -3.23. The summed E-state index contributed by atoms with van der Waals surface area (Å²) in [6, 6.07) is 13.1. The van der Waals surface area contributed by atoms with E-state index < -0.39 is 35.1 Å². The van der Waals surface area contributed by atoms with Gasteiger partial charge in [0.15, 0.2) is 0 Å². The molecular formula is C27H25F2N5O4. The lowest BCUT2D eigenvalue weighted by molar-refractivity contribution is 0.0262. The number of amides is 1. The summed E-state index contributed by atoms with van der Waals surface area (Å²) < 4.78 is 36.6. The number of aryl methyl sites for hydroxylation is 1. The zero-order valence-corrected chi connectivity index (χ0v) is 20.6. The van der Waals surface area contributed by atoms with E-state index in [4.69, 9.17) is 4.42 Å². The lowest BCUT2D eigenvalue weighted by Gasteiger charge is -2.52. The number of benzene rings is 2. The molecule has 0 radical (unpaired) electrons. The SMILES string of the molecule is Cc1ccccc1-n1nc(C2CNCC(c3ncco3)C2(c2ccc(F)cc2F)N(C)C(=O)O)ccc1=O. The Morgan fingerprint density at radius 1 is 1.16 bits per heavy atom. The van der Waals surface area contributed by atoms with E-state index in [2.05, 4.69) is 15.4 Å². The highest BCUT2D eigenvalue weighted by Gasteiger charge is 2.58. The fraction of sp³-hybridized carbons (Fsp3) is 0.259. The maximum Gasteiger partial charge on any atom is 0.407 e. The number of hydrogen-bond acceptors (Lipinski definition) is 6. The summed E-state index contributed by atoms with van der Waals surface area (Å²) in [4.78, 5) is 30.8. The second-order valence-corrected chi connectivity index (χ2v) is 9.22. The summed E-state index contributed by atoms with van der Waals surface area (Å²) in [5.41, 5.74) is -0.445. The number of carboxylic acid groups (broad SMARTS) is 1. The van der Waals surface area contributed by atoms with Crippen molar-refractivity contribution in [2.45, 2.75) is 24.3 Å². The van der Waals surface area contributed by atoms with Gasteiger partial charge in [0.05, 0.1) is 29.0 Å². The van der Waals surface area contributed by atoms with Crippen LogP contribution >= 0.6 is 0 Å². The van der Waals surface area contributed by atoms with Gasteiger partial charge in [0.2, 0.25) is 5.89 Å². The van der Waals surface area contributed by atoms with E-state index in [1.165, 1.54) is 42.4 Å². The molecule has 5 rings (SSSR count). The predicted octanol–water partition coefficient (Wildman–Crippen LogP) is 3.78. The molecule has 1 saturated heterocycles. The van der Waals surface area contributed by atoms with Gasteiger partial charge < -0.3 is 14.8 Å². The van der Waals surface area contributed by atoms with Crippen LogP contribution in [0, 0.1) is 18.6 Å². The lowest BCUT2D eigenvalue weighted by Crippen LogP contribution is -2.62. The molecule has 0 saturated carbocycles. The maximum absolute atomic E-state index is 15.7. The fourth-order valence-corrected chi connectivity index (χ4v) is 5.52. The Morgan fingerprint density at radius 2 is 1.92 bits per heavy atom. The molecule has 38 heavy (non-hydrogen) atoms. The predicted molar refractivity (Wildman–Crippen MR) is 133 cm³/mol. The highest BCUT2D eigenvalue weighted by Crippen LogP contribution is 2.52. The van der Waals surface area contributed by atoms with Crippen LogP contribution < -0.4 is 10.9 Å². The smallest absolute Gasteiger partial charge is 0.407 e. The Balaban J connectivity index is 1.82. The number of halogens is 2. The summed E-state index contributed by atoms with van der Waals surface area (Å²) >= 11 is 0. The second-order valence-electron chi connectivity index (χ2n) is 9.22. The molecule has 4 aromatic rings. The van der Waals surface area contributed by atoms with Crippen molar-refractivity contribution in [1.82, 2.24) is 25.0 Å². The van der Waals surface area contributed by atoms with Crippen molar-refractivity contribution in [2.24, 2.45) is 0 Å². The van der Waals surface area contributed by atoms with Crippen molar-refractivity contribution in [3.63, 3.8) is 0 Å². The highest BCUT2D eigenvalue weighted by atomic mass is 19.1. The largest absolute Gasteiger partial charge is 0.465 e. The third-order valence-corrected chi connectivity index (χ3v) is 7.24. The number of nitrogens with zero attached hydrogens (tertiary/aromatic N) is 4. The minimum atomic E-state index is -1.68. The van der Waals surface area contributed by atoms with Gasteiger partial charge in [-0.05, 0) is 30.7 Å². The molecule has 3 unspecified atom stereocenters. The van der Waals surface area contributed by atoms with Crippen LogP contribution in [0.4, 0.5) is 13.6 Å². The van der Waals surface area contributed by atoms with E-state index in [0.717, 1.165) is 22.6 Å². The molecule has 0 aliphatic carbocycles. The van der Waals surface area contributed by atoms with Gasteiger partial charge in [-0.15, -0.1) is 0 Å². The number of hydrogen-bond donors (Lipinski definition) is 2. The fourth-order valence-electron chi connectivity index (χ4n) is 5.52. The number of para-hydroxylation sites is 1. The van der Waals surface area contributed by atoms with Crippen LogP contribution in [-0.4, -0.2) is 51.0 Å². The number of rotatable bonds is 5. The topological polar surface area (TPSA) is 113 Å². The first-order chi connectivity index (χ1) is 18.2. The zero-order chi connectivity index (χ0) is 27.0. The van der Waals surface area contributed by atoms with Gasteiger partial charge in [-0.25, -0.2) is 18.6 Å². The van der Waals surface area contributed by atoms with Crippen LogP contribution in [0.25, 0.3) is 5.69 Å². The van der Waals surface area contributed by atoms with Crippen LogP contribution in [-0.2, 0) is 5.54 Å². The minimum Gasteiger partial charge on any atom is -0.465 e. The van der Waals surface area contributed by atoms with Crippen LogP contribution in [0.2, 0.25) is 0 Å². The Labute approximate surface area is 216 Å². The molecule has 2 N–H and O–H groups in total. The van der Waals surface area contributed by atoms with Crippen molar-refractivity contribution in [1.29, 1.82) is 0 Å². The Hall–Kier alpha value is -4.38. The van der Waals surface area contributed by atoms with E-state index >= 15 is 4.39 Å². The first-order valence-corrected chi connectivity index (χ1v) is 11.9. The Kier molecular flexibility index (Phi) is 6.53. The second kappa shape index (κ2) is 9.82. The van der Waals surface area contributed by atoms with E-state index in [0.29, 0.717) is 11.4 Å². The molecule has 0 spiro atoms. The molecule has 196 valence electrons. The van der Waals surface area contributed by atoms with Gasteiger partial charge in [-0.1, -0.05) is 24.3 Å². The lowest BCUT2D eigenvalue weighted by atomic mass is 9.64. The third-order valence-electron chi connectivity index (χ3n) is 7.24. The van der Waals surface area contributed by atoms with Crippen molar-refractivity contribution in [3.05, 3.63) is 112 Å². The summed E-state index contributed by atoms with van der Waals surface area (Å²) in [6.07, 6.45) is 1.42. The molecule has 0 bridgehead atoms. The van der Waals surface area contributed by atoms with Crippen LogP contribution in [0.1, 0.15) is 34.5 Å². The van der Waals surface area contributed by atoms with Gasteiger partial charge in [0, 0.05) is 43.8 Å². The van der Waals surface area contributed by atoms with Gasteiger partial charge in [0.1, 0.15) is 17.9 Å². The molecule has 2 aromatic heterocycles. The number of nitrogens with one attached hydrogen (secondary N) is 1. The first kappa shape index (κ1) is 25.3. The molecule has 11 heteroatoms. The van der Waals surface area contributed by atoms with Crippen molar-refractivity contribution in [3.8, 4) is 5.69 Å². The quantitative estimate of drug-likeness (QED) is 0.411. The molecule has 9 nitrogen and oxygen atoms in total. The van der Waals surface area contributed by atoms with Gasteiger partial charge in [-0.2, -0.15) is 9.78 Å². The van der Waals surface area contributed by atoms with E-state index in [1.807, 2.05) is 19.1 Å². The average molecular weight is 522 g/mol. The monoisotopic (exact) mass is 521 g/mol. The third kappa shape index (κ3) is 4.04. The Bertz CT molecular complexity index is 1540. The number of carbonyl (C=O) groups is 1. The van der Waals surface area contributed by atoms with Gasteiger partial charge >= 0.3 is 6.09 Å². The van der Waals surface area contributed by atoms with Crippen molar-refractivity contribution >= 4 is 6.09 Å². The van der Waals surface area contributed by atoms with E-state index in [-0.39, 0.29) is 30.1 Å². The van der Waals surface area contributed by atoms with E-state index in [9.17, 15) is 19.1 Å². The molecule has 1 aliphatic heterocycles. The number of oxazole rings is 1. The summed E-state index contributed by atoms with van der Waals surface area (Å²) in [5, 5.41) is 18.2. The summed E-state index contributed by atoms with van der Waals surface area (Å²) in [7, 11) is 1.33. The molecule has 3 atom stereocenters. The molecule has 3 heterocycles. The highest BCUT2D eigenvalue weighted by molar-refractivity contribution is 5.67.